The zero-order chi connectivity index (χ0) is 23.8. The summed E-state index contributed by atoms with van der Waals surface area (Å²) in [6, 6.07) is 14.9. The number of pyridine rings is 1. The van der Waals surface area contributed by atoms with Crippen molar-refractivity contribution in [1.29, 1.82) is 5.26 Å². The van der Waals surface area contributed by atoms with Crippen LogP contribution in [0.1, 0.15) is 11.1 Å². The molecule has 0 unspecified atom stereocenters. The van der Waals surface area contributed by atoms with E-state index in [0.717, 1.165) is 27.6 Å². The van der Waals surface area contributed by atoms with Crippen LogP contribution in [-0.2, 0) is 7.05 Å². The lowest BCUT2D eigenvalue weighted by Crippen LogP contribution is -2.20. The summed E-state index contributed by atoms with van der Waals surface area (Å²) in [5.74, 6) is 1.05. The Morgan fingerprint density at radius 3 is 2.59 bits per heavy atom. The first-order chi connectivity index (χ1) is 16.5. The zero-order valence-electron chi connectivity index (χ0n) is 18.8. The lowest BCUT2D eigenvalue weighted by molar-refractivity contribution is 0.886. The molecule has 5 aromatic rings. The van der Waals surface area contributed by atoms with Crippen LogP contribution in [-0.4, -0.2) is 31.6 Å². The van der Waals surface area contributed by atoms with Gasteiger partial charge in [-0.3, -0.25) is 9.36 Å². The Morgan fingerprint density at radius 2 is 1.85 bits per heavy atom. The maximum absolute atomic E-state index is 13.4. The molecule has 166 valence electrons. The smallest absolute Gasteiger partial charge is 0.259 e. The first-order valence-electron chi connectivity index (χ1n) is 10.6. The van der Waals surface area contributed by atoms with E-state index in [1.54, 1.807) is 32.4 Å². The van der Waals surface area contributed by atoms with Gasteiger partial charge in [-0.2, -0.15) is 10.2 Å². The van der Waals surface area contributed by atoms with E-state index in [0.29, 0.717) is 34.1 Å². The third kappa shape index (κ3) is 3.47. The summed E-state index contributed by atoms with van der Waals surface area (Å²) in [6.07, 6.45) is 3.18. The van der Waals surface area contributed by atoms with Crippen molar-refractivity contribution in [2.45, 2.75) is 6.92 Å². The second-order valence-electron chi connectivity index (χ2n) is 7.83. The molecule has 9 nitrogen and oxygen atoms in total. The van der Waals surface area contributed by atoms with Crippen LogP contribution in [0.25, 0.3) is 33.1 Å². The average molecular weight is 448 g/mol. The zero-order valence-corrected chi connectivity index (χ0v) is 18.8. The van der Waals surface area contributed by atoms with Crippen LogP contribution in [0.4, 0.5) is 17.5 Å². The Morgan fingerprint density at radius 1 is 1.06 bits per heavy atom. The molecular weight excluding hydrogens is 428 g/mol. The van der Waals surface area contributed by atoms with Crippen molar-refractivity contribution in [1.82, 2.24) is 24.5 Å². The fourth-order valence-electron chi connectivity index (χ4n) is 3.98. The van der Waals surface area contributed by atoms with Crippen LogP contribution < -0.4 is 16.2 Å². The van der Waals surface area contributed by atoms with Gasteiger partial charge in [-0.25, -0.2) is 15.0 Å². The van der Waals surface area contributed by atoms with E-state index in [4.69, 9.17) is 5.26 Å². The number of aromatic nitrogens is 5. The Hall–Kier alpha value is -4.84. The molecule has 0 radical (unpaired) electrons. The van der Waals surface area contributed by atoms with E-state index in [-0.39, 0.29) is 5.56 Å². The summed E-state index contributed by atoms with van der Waals surface area (Å²) >= 11 is 0. The second-order valence-corrected chi connectivity index (χ2v) is 7.83. The number of hydrogen-bond acceptors (Lipinski definition) is 8. The number of nitrogens with one attached hydrogen (secondary N) is 2. The molecule has 0 bridgehead atoms. The first kappa shape index (κ1) is 21.0. The molecule has 0 atom stereocenters. The van der Waals surface area contributed by atoms with Gasteiger partial charge in [-0.15, -0.1) is 0 Å². The summed E-state index contributed by atoms with van der Waals surface area (Å²) < 4.78 is 1.53. The van der Waals surface area contributed by atoms with Gasteiger partial charge in [0.05, 0.1) is 22.7 Å². The predicted octanol–water partition coefficient (Wildman–Crippen LogP) is 3.90. The van der Waals surface area contributed by atoms with Crippen LogP contribution >= 0.6 is 0 Å². The van der Waals surface area contributed by atoms with Crippen molar-refractivity contribution in [2.24, 2.45) is 7.05 Å². The highest BCUT2D eigenvalue weighted by molar-refractivity contribution is 6.02. The van der Waals surface area contributed by atoms with E-state index in [9.17, 15) is 4.79 Å². The van der Waals surface area contributed by atoms with Crippen LogP contribution in [0.5, 0.6) is 0 Å². The molecule has 0 saturated carbocycles. The largest absolute Gasteiger partial charge is 0.357 e. The number of aryl methyl sites for hydroxylation is 2. The van der Waals surface area contributed by atoms with Gasteiger partial charge in [-0.05, 0) is 48.9 Å². The number of nitrogens with zero attached hydrogens (tertiary/aromatic N) is 6. The number of fused-ring (bicyclic) bond motifs is 2. The van der Waals surface area contributed by atoms with Gasteiger partial charge in [0.1, 0.15) is 17.8 Å². The van der Waals surface area contributed by atoms with Gasteiger partial charge in [0, 0.05) is 42.3 Å². The SMILES string of the molecule is CNc1ncc2cc(-c3c(C)ccc4c(Nc5ccc(C#N)cc5)ncnc34)c(=O)n(C)c2n1. The van der Waals surface area contributed by atoms with Crippen molar-refractivity contribution in [3.63, 3.8) is 0 Å². The van der Waals surface area contributed by atoms with E-state index in [2.05, 4.69) is 36.6 Å². The van der Waals surface area contributed by atoms with Crippen LogP contribution in [0, 0.1) is 18.3 Å². The Balaban J connectivity index is 1.70. The van der Waals surface area contributed by atoms with E-state index < -0.39 is 0 Å². The Labute approximate surface area is 194 Å². The summed E-state index contributed by atoms with van der Waals surface area (Å²) in [7, 11) is 3.43. The van der Waals surface area contributed by atoms with Gasteiger partial charge >= 0.3 is 0 Å². The highest BCUT2D eigenvalue weighted by atomic mass is 16.1. The number of rotatable bonds is 4. The minimum absolute atomic E-state index is 0.177. The molecule has 0 aliphatic carbocycles. The molecule has 0 saturated heterocycles. The Bertz CT molecular complexity index is 1670. The number of anilines is 3. The van der Waals surface area contributed by atoms with Crippen LogP contribution in [0.2, 0.25) is 0 Å². The molecule has 0 fully saturated rings. The number of benzene rings is 2. The van der Waals surface area contributed by atoms with E-state index >= 15 is 0 Å². The summed E-state index contributed by atoms with van der Waals surface area (Å²) in [5, 5.41) is 16.7. The molecule has 2 aromatic carbocycles. The van der Waals surface area contributed by atoms with Crippen molar-refractivity contribution in [3.8, 4) is 17.2 Å². The molecule has 2 N–H and O–H groups in total. The maximum atomic E-state index is 13.4. The Kier molecular flexibility index (Phi) is 5.11. The molecular formula is C25H20N8O. The molecule has 0 amide bonds. The van der Waals surface area contributed by atoms with E-state index in [1.807, 2.05) is 37.3 Å². The van der Waals surface area contributed by atoms with Gasteiger partial charge in [0.15, 0.2) is 0 Å². The molecule has 3 aromatic heterocycles. The predicted molar refractivity (Wildman–Crippen MR) is 132 cm³/mol. The third-order valence-electron chi connectivity index (χ3n) is 5.73. The maximum Gasteiger partial charge on any atom is 0.259 e. The van der Waals surface area contributed by atoms with Crippen LogP contribution in [0.15, 0.2) is 59.8 Å². The van der Waals surface area contributed by atoms with E-state index in [1.165, 1.54) is 10.9 Å². The summed E-state index contributed by atoms with van der Waals surface area (Å²) in [6.45, 7) is 1.95. The second kappa shape index (κ2) is 8.26. The quantitative estimate of drug-likeness (QED) is 0.424. The number of hydrogen-bond donors (Lipinski definition) is 2. The molecule has 34 heavy (non-hydrogen) atoms. The van der Waals surface area contributed by atoms with Gasteiger partial charge < -0.3 is 10.6 Å². The highest BCUT2D eigenvalue weighted by Crippen LogP contribution is 2.33. The number of nitriles is 1. The minimum Gasteiger partial charge on any atom is -0.357 e. The third-order valence-corrected chi connectivity index (χ3v) is 5.73. The van der Waals surface area contributed by atoms with Crippen molar-refractivity contribution in [3.05, 3.63) is 76.5 Å². The molecule has 0 spiro atoms. The standard InChI is InChI=1S/C25H20N8O/c1-14-4-9-18-21(29-13-30-22(18)31-17-7-5-15(11-26)6-8-17)20(14)19-10-16-12-28-25(27-2)32-23(16)33(3)24(19)34/h4-10,12-13H,1-3H3,(H,27,28,32)(H,29,30,31). The fraction of sp³-hybridized carbons (Fsp3) is 0.120. The molecule has 9 heteroatoms. The molecule has 0 aliphatic heterocycles. The average Bonchev–Trinajstić information content (AvgIpc) is 2.87. The highest BCUT2D eigenvalue weighted by Gasteiger charge is 2.18. The van der Waals surface area contributed by atoms with Crippen molar-refractivity contribution < 1.29 is 0 Å². The monoisotopic (exact) mass is 448 g/mol. The van der Waals surface area contributed by atoms with Gasteiger partial charge in [0.2, 0.25) is 5.95 Å². The van der Waals surface area contributed by atoms with Crippen molar-refractivity contribution >= 4 is 39.4 Å². The minimum atomic E-state index is -0.177. The van der Waals surface area contributed by atoms with Crippen molar-refractivity contribution in [2.75, 3.05) is 17.7 Å². The summed E-state index contributed by atoms with van der Waals surface area (Å²) in [4.78, 5) is 31.1. The lowest BCUT2D eigenvalue weighted by atomic mass is 9.97. The molecule has 5 rings (SSSR count). The first-order valence-corrected chi connectivity index (χ1v) is 10.6. The van der Waals surface area contributed by atoms with Gasteiger partial charge in [0.25, 0.3) is 5.56 Å². The molecule has 3 heterocycles. The van der Waals surface area contributed by atoms with Crippen LogP contribution in [0.3, 0.4) is 0 Å². The topological polar surface area (TPSA) is 121 Å². The normalized spacial score (nSPS) is 10.9. The lowest BCUT2D eigenvalue weighted by Gasteiger charge is -2.14. The fourth-order valence-corrected chi connectivity index (χ4v) is 3.98. The molecule has 0 aliphatic rings. The summed E-state index contributed by atoms with van der Waals surface area (Å²) in [5.41, 5.74) is 4.57. The van der Waals surface area contributed by atoms with Gasteiger partial charge in [-0.1, -0.05) is 6.07 Å².